The molecule has 1 aliphatic heterocycles. The minimum absolute atomic E-state index is 0.176. The van der Waals surface area contributed by atoms with Crippen molar-refractivity contribution in [1.29, 1.82) is 0 Å². The first-order valence-corrected chi connectivity index (χ1v) is 8.53. The number of hydrogen-bond donors (Lipinski definition) is 1. The number of ether oxygens (including phenoxy) is 1. The van der Waals surface area contributed by atoms with Gasteiger partial charge in [0.1, 0.15) is 0 Å². The Labute approximate surface area is 134 Å². The smallest absolute Gasteiger partial charge is 0.336 e. The zero-order chi connectivity index (χ0) is 15.5. The number of hydrogen-bond acceptors (Lipinski definition) is 4. The zero-order valence-electron chi connectivity index (χ0n) is 12.5. The molecule has 0 bridgehead atoms. The normalized spacial score (nSPS) is 23.3. The maximum Gasteiger partial charge on any atom is 0.336 e. The van der Waals surface area contributed by atoms with Crippen molar-refractivity contribution in [3.63, 3.8) is 0 Å². The van der Waals surface area contributed by atoms with Crippen molar-refractivity contribution in [2.24, 2.45) is 5.92 Å². The molecule has 0 saturated heterocycles. The van der Waals surface area contributed by atoms with Crippen LogP contribution in [0.2, 0.25) is 0 Å². The van der Waals surface area contributed by atoms with Gasteiger partial charge in [-0.25, -0.2) is 4.79 Å². The minimum Gasteiger partial charge on any atom is -0.463 e. The molecule has 2 atom stereocenters. The molecule has 22 heavy (non-hydrogen) atoms. The van der Waals surface area contributed by atoms with Gasteiger partial charge in [-0.3, -0.25) is 4.79 Å². The second kappa shape index (κ2) is 6.57. The summed E-state index contributed by atoms with van der Waals surface area (Å²) in [5.41, 5.74) is 1.26. The Hall–Kier alpha value is -1.75. The summed E-state index contributed by atoms with van der Waals surface area (Å²) in [6.45, 7) is 2.15. The molecule has 1 heterocycles. The predicted molar refractivity (Wildman–Crippen MR) is 86.3 cm³/mol. The van der Waals surface area contributed by atoms with E-state index in [4.69, 9.17) is 4.74 Å². The highest BCUT2D eigenvalue weighted by atomic mass is 32.2. The number of thioether (sulfide) groups is 1. The molecular formula is C17H19NO3S. The van der Waals surface area contributed by atoms with Crippen LogP contribution in [-0.2, 0) is 9.53 Å². The van der Waals surface area contributed by atoms with Crippen molar-refractivity contribution in [2.75, 3.05) is 6.61 Å². The van der Waals surface area contributed by atoms with Crippen LogP contribution in [0.1, 0.15) is 36.5 Å². The van der Waals surface area contributed by atoms with Crippen LogP contribution in [0, 0.1) is 5.92 Å². The van der Waals surface area contributed by atoms with Gasteiger partial charge in [0, 0.05) is 16.7 Å². The maximum absolute atomic E-state index is 12.3. The second-order valence-electron chi connectivity index (χ2n) is 5.48. The maximum atomic E-state index is 12.3. The van der Waals surface area contributed by atoms with Gasteiger partial charge in [-0.15, -0.1) is 11.8 Å². The van der Waals surface area contributed by atoms with E-state index in [2.05, 4.69) is 5.32 Å². The van der Waals surface area contributed by atoms with Gasteiger partial charge < -0.3 is 10.1 Å². The van der Waals surface area contributed by atoms with Crippen LogP contribution in [0.25, 0.3) is 0 Å². The fourth-order valence-corrected chi connectivity index (χ4v) is 4.63. The van der Waals surface area contributed by atoms with Crippen molar-refractivity contribution in [3.8, 4) is 0 Å². The fraction of sp³-hybridized carbons (Fsp3) is 0.412. The van der Waals surface area contributed by atoms with E-state index in [1.807, 2.05) is 18.2 Å². The number of esters is 1. The van der Waals surface area contributed by atoms with Gasteiger partial charge in [0.25, 0.3) is 5.91 Å². The van der Waals surface area contributed by atoms with Crippen LogP contribution in [0.5, 0.6) is 0 Å². The molecule has 2 unspecified atom stereocenters. The summed E-state index contributed by atoms with van der Waals surface area (Å²) < 4.78 is 5.19. The van der Waals surface area contributed by atoms with E-state index in [1.54, 1.807) is 30.8 Å². The summed E-state index contributed by atoms with van der Waals surface area (Å²) in [6.07, 6.45) is 3.21. The van der Waals surface area contributed by atoms with Crippen molar-refractivity contribution >= 4 is 23.6 Å². The second-order valence-corrected chi connectivity index (χ2v) is 6.73. The number of nitrogens with one attached hydrogen (secondary N) is 1. The number of carbonyl (C=O) groups excluding carboxylic acids is 2. The number of fused-ring (bicyclic) bond motifs is 1. The molecule has 1 saturated carbocycles. The zero-order valence-corrected chi connectivity index (χ0v) is 13.3. The molecule has 5 heteroatoms. The average molecular weight is 317 g/mol. The third-order valence-corrected chi connectivity index (χ3v) is 5.52. The van der Waals surface area contributed by atoms with E-state index >= 15 is 0 Å². The van der Waals surface area contributed by atoms with Gasteiger partial charge in [0.05, 0.1) is 17.2 Å². The molecule has 1 N–H and O–H groups in total. The van der Waals surface area contributed by atoms with Gasteiger partial charge in [0.15, 0.2) is 0 Å². The van der Waals surface area contributed by atoms with Crippen LogP contribution in [0.15, 0.2) is 40.9 Å². The molecule has 1 aliphatic carbocycles. The molecule has 116 valence electrons. The first-order valence-electron chi connectivity index (χ1n) is 7.65. The molecule has 0 spiro atoms. The molecular weight excluding hydrogens is 298 g/mol. The lowest BCUT2D eigenvalue weighted by Gasteiger charge is -2.12. The summed E-state index contributed by atoms with van der Waals surface area (Å²) in [5.74, 6) is -0.243. The lowest BCUT2D eigenvalue weighted by molar-refractivity contribution is -0.139. The number of amides is 1. The molecule has 1 aromatic rings. The van der Waals surface area contributed by atoms with Gasteiger partial charge in [-0.05, 0) is 31.9 Å². The Balaban J connectivity index is 1.83. The van der Waals surface area contributed by atoms with Crippen molar-refractivity contribution in [3.05, 3.63) is 46.5 Å². The minimum atomic E-state index is -0.284. The van der Waals surface area contributed by atoms with Gasteiger partial charge in [0.2, 0.25) is 0 Å². The van der Waals surface area contributed by atoms with Crippen molar-refractivity contribution in [2.45, 2.75) is 31.4 Å². The summed E-state index contributed by atoms with van der Waals surface area (Å²) in [5, 5.41) is 3.99. The van der Waals surface area contributed by atoms with E-state index in [-0.39, 0.29) is 17.8 Å². The third kappa shape index (κ3) is 2.90. The van der Waals surface area contributed by atoms with E-state index < -0.39 is 0 Å². The highest BCUT2D eigenvalue weighted by Crippen LogP contribution is 2.49. The molecule has 1 fully saturated rings. The fourth-order valence-electron chi connectivity index (χ4n) is 3.10. The summed E-state index contributed by atoms with van der Waals surface area (Å²) in [4.78, 5) is 24.6. The van der Waals surface area contributed by atoms with E-state index in [0.29, 0.717) is 28.0 Å². The molecule has 1 aromatic carbocycles. The van der Waals surface area contributed by atoms with Crippen LogP contribution >= 0.6 is 11.8 Å². The SMILES string of the molecule is CCOC(=O)C1=C(NC(=O)c2ccccc2)SC2CCCC12. The summed E-state index contributed by atoms with van der Waals surface area (Å²) in [7, 11) is 0. The van der Waals surface area contributed by atoms with Crippen molar-refractivity contribution in [1.82, 2.24) is 5.32 Å². The highest BCUT2D eigenvalue weighted by Gasteiger charge is 2.43. The van der Waals surface area contributed by atoms with Crippen LogP contribution < -0.4 is 5.32 Å². The van der Waals surface area contributed by atoms with Gasteiger partial charge in [-0.1, -0.05) is 24.6 Å². The van der Waals surface area contributed by atoms with E-state index in [1.165, 1.54) is 0 Å². The largest absolute Gasteiger partial charge is 0.463 e. The van der Waals surface area contributed by atoms with Gasteiger partial charge >= 0.3 is 5.97 Å². The van der Waals surface area contributed by atoms with Crippen LogP contribution in [0.4, 0.5) is 0 Å². The number of carbonyl (C=O) groups is 2. The molecule has 0 radical (unpaired) electrons. The molecule has 4 nitrogen and oxygen atoms in total. The number of rotatable bonds is 4. The molecule has 3 rings (SSSR count). The van der Waals surface area contributed by atoms with E-state index in [0.717, 1.165) is 19.3 Å². The Morgan fingerprint density at radius 3 is 2.77 bits per heavy atom. The monoisotopic (exact) mass is 317 g/mol. The van der Waals surface area contributed by atoms with Crippen LogP contribution in [0.3, 0.4) is 0 Å². The average Bonchev–Trinajstić information content (AvgIpc) is 3.08. The predicted octanol–water partition coefficient (Wildman–Crippen LogP) is 3.11. The molecule has 0 aromatic heterocycles. The first kappa shape index (κ1) is 15.2. The lowest BCUT2D eigenvalue weighted by atomic mass is 9.98. The Bertz CT molecular complexity index is 612. The lowest BCUT2D eigenvalue weighted by Crippen LogP contribution is -2.24. The van der Waals surface area contributed by atoms with Crippen molar-refractivity contribution < 1.29 is 14.3 Å². The summed E-state index contributed by atoms with van der Waals surface area (Å²) >= 11 is 1.61. The topological polar surface area (TPSA) is 55.4 Å². The third-order valence-electron chi connectivity index (χ3n) is 4.10. The standard InChI is InChI=1S/C17H19NO3S/c1-2-21-17(20)14-12-9-6-10-13(12)22-16(14)18-15(19)11-7-4-3-5-8-11/h3-5,7-8,12-13H,2,6,9-10H2,1H3,(H,18,19). The van der Waals surface area contributed by atoms with Gasteiger partial charge in [-0.2, -0.15) is 0 Å². The Morgan fingerprint density at radius 2 is 2.05 bits per heavy atom. The number of benzene rings is 1. The van der Waals surface area contributed by atoms with E-state index in [9.17, 15) is 9.59 Å². The Morgan fingerprint density at radius 1 is 1.27 bits per heavy atom. The Kier molecular flexibility index (Phi) is 4.52. The highest BCUT2D eigenvalue weighted by molar-refractivity contribution is 8.04. The molecule has 1 amide bonds. The van der Waals surface area contributed by atoms with Crippen LogP contribution in [-0.4, -0.2) is 23.7 Å². The molecule has 2 aliphatic rings. The first-order chi connectivity index (χ1) is 10.7. The quantitative estimate of drug-likeness (QED) is 0.867. The summed E-state index contributed by atoms with van der Waals surface area (Å²) in [6, 6.07) is 9.05.